The molecule has 33 heavy (non-hydrogen) atoms. The lowest BCUT2D eigenvalue weighted by Gasteiger charge is -2.46. The van der Waals surface area contributed by atoms with Gasteiger partial charge >= 0.3 is 6.03 Å². The van der Waals surface area contributed by atoms with E-state index in [1.165, 1.54) is 29.2 Å². The van der Waals surface area contributed by atoms with Gasteiger partial charge in [0.05, 0.1) is 12.6 Å². The number of nitrogens with zero attached hydrogens (tertiary/aromatic N) is 2. The second-order valence-electron chi connectivity index (χ2n) is 8.22. The molecule has 3 aliphatic rings. The molecule has 10 heteroatoms. The minimum Gasteiger partial charge on any atom is -0.454 e. The third-order valence-corrected chi connectivity index (χ3v) is 6.06. The number of carbonyl (C=O) groups excluding carboxylic acids is 3. The number of urea groups is 1. The normalized spacial score (nSPS) is 21.7. The summed E-state index contributed by atoms with van der Waals surface area (Å²) in [5.74, 6) is 0.0229. The first-order valence-electron chi connectivity index (χ1n) is 10.8. The lowest BCUT2D eigenvalue weighted by atomic mass is 9.93. The molecule has 0 aromatic heterocycles. The maximum absolute atomic E-state index is 13.3. The van der Waals surface area contributed by atoms with Gasteiger partial charge in [0.1, 0.15) is 18.4 Å². The highest BCUT2D eigenvalue weighted by Gasteiger charge is 2.47. The summed E-state index contributed by atoms with van der Waals surface area (Å²) in [4.78, 5) is 41.8. The molecule has 4 amide bonds. The Hall–Kier alpha value is -3.66. The van der Waals surface area contributed by atoms with E-state index in [0.29, 0.717) is 35.7 Å². The number of benzene rings is 2. The van der Waals surface area contributed by atoms with Crippen LogP contribution in [0.2, 0.25) is 0 Å². The van der Waals surface area contributed by atoms with Gasteiger partial charge in [-0.05, 0) is 49.2 Å². The van der Waals surface area contributed by atoms with Crippen molar-refractivity contribution >= 4 is 23.5 Å². The first kappa shape index (κ1) is 21.2. The van der Waals surface area contributed by atoms with Crippen molar-refractivity contribution in [1.29, 1.82) is 0 Å². The molecule has 3 heterocycles. The molecule has 9 nitrogen and oxygen atoms in total. The average Bonchev–Trinajstić information content (AvgIpc) is 3.29. The third-order valence-electron chi connectivity index (χ3n) is 6.06. The zero-order valence-electron chi connectivity index (χ0n) is 17.8. The Balaban J connectivity index is 1.33. The van der Waals surface area contributed by atoms with E-state index in [-0.39, 0.29) is 31.7 Å². The molecule has 2 saturated heterocycles. The van der Waals surface area contributed by atoms with E-state index in [4.69, 9.17) is 9.47 Å². The van der Waals surface area contributed by atoms with Crippen LogP contribution in [-0.2, 0) is 16.1 Å². The van der Waals surface area contributed by atoms with Crippen molar-refractivity contribution < 1.29 is 28.2 Å². The van der Waals surface area contributed by atoms with Crippen LogP contribution in [0.25, 0.3) is 0 Å². The van der Waals surface area contributed by atoms with Crippen LogP contribution in [0.15, 0.2) is 42.5 Å². The van der Waals surface area contributed by atoms with Gasteiger partial charge in [-0.25, -0.2) is 9.18 Å². The van der Waals surface area contributed by atoms with Crippen molar-refractivity contribution in [2.24, 2.45) is 0 Å². The van der Waals surface area contributed by atoms with Crippen molar-refractivity contribution in [2.75, 3.05) is 25.2 Å². The number of anilines is 1. The zero-order valence-corrected chi connectivity index (χ0v) is 17.8. The predicted octanol–water partition coefficient (Wildman–Crippen LogP) is 2.08. The minimum absolute atomic E-state index is 0.00310. The molecule has 172 valence electrons. The van der Waals surface area contributed by atoms with Crippen molar-refractivity contribution in [3.63, 3.8) is 0 Å². The van der Waals surface area contributed by atoms with Gasteiger partial charge < -0.3 is 25.0 Å². The first-order valence-corrected chi connectivity index (χ1v) is 10.8. The SMILES string of the molecule is O=C(CN1C(=O)N(Cc2ccc(F)cc2)C(=O)C2NCCCC21)Nc1ccc2c(c1)OCO2. The highest BCUT2D eigenvalue weighted by molar-refractivity contribution is 6.03. The van der Waals surface area contributed by atoms with Crippen LogP contribution < -0.4 is 20.1 Å². The second-order valence-corrected chi connectivity index (χ2v) is 8.22. The fourth-order valence-corrected chi connectivity index (χ4v) is 4.45. The molecule has 2 fully saturated rings. The molecule has 3 aliphatic heterocycles. The van der Waals surface area contributed by atoms with Gasteiger partial charge in [-0.2, -0.15) is 0 Å². The van der Waals surface area contributed by atoms with Crippen molar-refractivity contribution in [1.82, 2.24) is 15.1 Å². The van der Waals surface area contributed by atoms with Gasteiger partial charge in [0.2, 0.25) is 18.6 Å². The minimum atomic E-state index is -0.588. The molecule has 2 aromatic rings. The molecular formula is C23H23FN4O5. The second kappa shape index (κ2) is 8.70. The van der Waals surface area contributed by atoms with E-state index in [0.717, 1.165) is 11.3 Å². The Morgan fingerprint density at radius 1 is 1.12 bits per heavy atom. The summed E-state index contributed by atoms with van der Waals surface area (Å²) in [7, 11) is 0. The zero-order chi connectivity index (χ0) is 22.9. The number of hydrogen-bond acceptors (Lipinski definition) is 6. The van der Waals surface area contributed by atoms with Gasteiger partial charge in [0, 0.05) is 11.8 Å². The number of hydrogen-bond donors (Lipinski definition) is 2. The Morgan fingerprint density at radius 2 is 1.91 bits per heavy atom. The summed E-state index contributed by atoms with van der Waals surface area (Å²) in [6.07, 6.45) is 1.41. The van der Waals surface area contributed by atoms with Crippen LogP contribution in [0.1, 0.15) is 18.4 Å². The number of carbonyl (C=O) groups is 3. The molecule has 2 N–H and O–H groups in total. The summed E-state index contributed by atoms with van der Waals surface area (Å²) in [6, 6.07) is 9.16. The van der Waals surface area contributed by atoms with Gasteiger partial charge in [-0.3, -0.25) is 14.5 Å². The Labute approximate surface area is 189 Å². The van der Waals surface area contributed by atoms with E-state index in [9.17, 15) is 18.8 Å². The number of amides is 4. The summed E-state index contributed by atoms with van der Waals surface area (Å²) in [5, 5.41) is 5.97. The third kappa shape index (κ3) is 4.21. The van der Waals surface area contributed by atoms with Gasteiger partial charge in [-0.15, -0.1) is 0 Å². The fraction of sp³-hybridized carbons (Fsp3) is 0.348. The van der Waals surface area contributed by atoms with Crippen LogP contribution in [0.5, 0.6) is 11.5 Å². The quantitative estimate of drug-likeness (QED) is 0.718. The molecule has 2 aromatic carbocycles. The van der Waals surface area contributed by atoms with E-state index >= 15 is 0 Å². The Morgan fingerprint density at radius 3 is 2.73 bits per heavy atom. The van der Waals surface area contributed by atoms with Crippen LogP contribution in [0.4, 0.5) is 14.9 Å². The van der Waals surface area contributed by atoms with Crippen LogP contribution in [0, 0.1) is 5.82 Å². The maximum atomic E-state index is 13.3. The largest absolute Gasteiger partial charge is 0.454 e. The lowest BCUT2D eigenvalue weighted by molar-refractivity contribution is -0.138. The monoisotopic (exact) mass is 454 g/mol. The number of halogens is 1. The fourth-order valence-electron chi connectivity index (χ4n) is 4.45. The van der Waals surface area contributed by atoms with Gasteiger partial charge in [0.15, 0.2) is 11.5 Å². The highest BCUT2D eigenvalue weighted by atomic mass is 19.1. The van der Waals surface area contributed by atoms with Crippen molar-refractivity contribution in [3.8, 4) is 11.5 Å². The predicted molar refractivity (Wildman–Crippen MR) is 115 cm³/mol. The standard InChI is InChI=1S/C23H23FN4O5/c24-15-5-3-14(4-6-15)11-28-22(30)21-17(2-1-9-25-21)27(23(28)31)12-20(29)26-16-7-8-18-19(10-16)33-13-32-18/h3-8,10,17,21,25H,1-2,9,11-13H2,(H,26,29). The summed E-state index contributed by atoms with van der Waals surface area (Å²) in [6.45, 7) is 0.582. The molecule has 5 rings (SSSR count). The summed E-state index contributed by atoms with van der Waals surface area (Å²) < 4.78 is 23.9. The lowest BCUT2D eigenvalue weighted by Crippen LogP contribution is -2.70. The molecule has 0 spiro atoms. The smallest absolute Gasteiger partial charge is 0.327 e. The number of imide groups is 1. The number of piperidine rings is 1. The highest BCUT2D eigenvalue weighted by Crippen LogP contribution is 2.34. The molecular weight excluding hydrogens is 431 g/mol. The molecule has 0 aliphatic carbocycles. The molecule has 2 atom stereocenters. The van der Waals surface area contributed by atoms with Gasteiger partial charge in [-0.1, -0.05) is 12.1 Å². The van der Waals surface area contributed by atoms with Crippen LogP contribution in [-0.4, -0.2) is 59.6 Å². The topological polar surface area (TPSA) is 100 Å². The van der Waals surface area contributed by atoms with Gasteiger partial charge in [0.25, 0.3) is 0 Å². The molecule has 0 bridgehead atoms. The number of fused-ring (bicyclic) bond motifs is 2. The average molecular weight is 454 g/mol. The summed E-state index contributed by atoms with van der Waals surface area (Å²) >= 11 is 0. The molecule has 0 radical (unpaired) electrons. The van der Waals surface area contributed by atoms with E-state index < -0.39 is 23.9 Å². The number of nitrogens with one attached hydrogen (secondary N) is 2. The van der Waals surface area contributed by atoms with E-state index in [2.05, 4.69) is 10.6 Å². The van der Waals surface area contributed by atoms with E-state index in [1.807, 2.05) is 0 Å². The van der Waals surface area contributed by atoms with Crippen molar-refractivity contribution in [3.05, 3.63) is 53.8 Å². The molecule has 0 saturated carbocycles. The Kier molecular flexibility index (Phi) is 5.59. The summed E-state index contributed by atoms with van der Waals surface area (Å²) in [5.41, 5.74) is 1.14. The number of ether oxygens (including phenoxy) is 2. The Bertz CT molecular complexity index is 1090. The van der Waals surface area contributed by atoms with E-state index in [1.54, 1.807) is 18.2 Å². The van der Waals surface area contributed by atoms with Crippen molar-refractivity contribution in [2.45, 2.75) is 31.5 Å². The van der Waals surface area contributed by atoms with Crippen LogP contribution >= 0.6 is 0 Å². The number of rotatable bonds is 5. The first-order chi connectivity index (χ1) is 16.0. The van der Waals surface area contributed by atoms with Crippen LogP contribution in [0.3, 0.4) is 0 Å². The molecule has 2 unspecified atom stereocenters. The maximum Gasteiger partial charge on any atom is 0.327 e.